The van der Waals surface area contributed by atoms with Gasteiger partial charge in [0.25, 0.3) is 0 Å². The van der Waals surface area contributed by atoms with Crippen molar-refractivity contribution in [2.75, 3.05) is 0 Å². The molecule has 2 aliphatic rings. The molecule has 20 heavy (non-hydrogen) atoms. The zero-order chi connectivity index (χ0) is 14.5. The Morgan fingerprint density at radius 2 is 1.95 bits per heavy atom. The Bertz CT molecular complexity index is 648. The van der Waals surface area contributed by atoms with E-state index in [4.69, 9.17) is 0 Å². The van der Waals surface area contributed by atoms with Crippen molar-refractivity contribution in [3.63, 3.8) is 0 Å². The van der Waals surface area contributed by atoms with Crippen molar-refractivity contribution in [3.8, 4) is 0 Å². The fraction of sp³-hybridized carbons (Fsp3) is 0.368. The third-order valence-corrected chi connectivity index (χ3v) is 14.0. The molecule has 2 atom stereocenters. The molecule has 0 spiro atoms. The van der Waals surface area contributed by atoms with Crippen LogP contribution in [-0.2, 0) is 21.8 Å². The molecule has 103 valence electrons. The van der Waals surface area contributed by atoms with Crippen LogP contribution in [0.2, 0.25) is 7.75 Å². The summed E-state index contributed by atoms with van der Waals surface area (Å²) in [7, 11) is 0. The van der Waals surface area contributed by atoms with Crippen LogP contribution in [0.4, 0.5) is 0 Å². The standard InChI is InChI=1S/C11H11.C7H9.CH3.Zr/c1-8-3-6-11-9(2)4-5-10(11)7-8;1-6-4-3-5-7(6)2;;/h3,5-7,9H,1-2H3;3-5H,1-2H3;1H3;. The van der Waals surface area contributed by atoms with Gasteiger partial charge in [0.15, 0.2) is 0 Å². The first-order chi connectivity index (χ1) is 9.43. The number of rotatable bonds is 2. The quantitative estimate of drug-likeness (QED) is 0.636. The van der Waals surface area contributed by atoms with E-state index in [1.807, 2.05) is 0 Å². The SMILES string of the molecule is CC1=CC=C[C]1(C)[Zr]([CH3])[C]1=Cc2cc(C)ccc2C1C. The number of aryl methyl sites for hydroxylation is 1. The van der Waals surface area contributed by atoms with Gasteiger partial charge in [-0.05, 0) is 0 Å². The van der Waals surface area contributed by atoms with Crippen molar-refractivity contribution >= 4 is 6.08 Å². The van der Waals surface area contributed by atoms with E-state index in [-0.39, 0.29) is 0 Å². The molecular weight excluding hydrogens is 319 g/mol. The average molecular weight is 343 g/mol. The first kappa shape index (κ1) is 14.3. The number of fused-ring (bicyclic) bond motifs is 1. The molecule has 0 aliphatic heterocycles. The minimum atomic E-state index is -1.69. The van der Waals surface area contributed by atoms with Gasteiger partial charge in [0.2, 0.25) is 0 Å². The summed E-state index contributed by atoms with van der Waals surface area (Å²) in [6, 6.07) is 6.95. The molecule has 0 aromatic heterocycles. The Morgan fingerprint density at radius 1 is 1.20 bits per heavy atom. The summed E-state index contributed by atoms with van der Waals surface area (Å²) in [5.74, 6) is 0.628. The molecule has 0 saturated carbocycles. The van der Waals surface area contributed by atoms with Crippen LogP contribution in [0, 0.1) is 6.92 Å². The maximum atomic E-state index is 2.58. The monoisotopic (exact) mass is 341 g/mol. The van der Waals surface area contributed by atoms with Gasteiger partial charge in [-0.3, -0.25) is 0 Å². The maximum absolute atomic E-state index is 2.58. The van der Waals surface area contributed by atoms with Crippen LogP contribution in [0.15, 0.2) is 45.3 Å². The first-order valence-corrected chi connectivity index (χ1v) is 12.4. The summed E-state index contributed by atoms with van der Waals surface area (Å²) in [6.45, 7) is 9.36. The van der Waals surface area contributed by atoms with Gasteiger partial charge in [-0.25, -0.2) is 0 Å². The van der Waals surface area contributed by atoms with Crippen molar-refractivity contribution in [1.82, 2.24) is 0 Å². The van der Waals surface area contributed by atoms with Gasteiger partial charge in [0.05, 0.1) is 0 Å². The predicted octanol–water partition coefficient (Wildman–Crippen LogP) is 5.81. The van der Waals surface area contributed by atoms with Gasteiger partial charge in [-0.1, -0.05) is 0 Å². The molecule has 0 N–H and O–H groups in total. The third kappa shape index (κ3) is 2.06. The van der Waals surface area contributed by atoms with Gasteiger partial charge >= 0.3 is 131 Å². The predicted molar refractivity (Wildman–Crippen MR) is 84.7 cm³/mol. The van der Waals surface area contributed by atoms with Gasteiger partial charge in [0.1, 0.15) is 0 Å². The Labute approximate surface area is 131 Å². The zero-order valence-corrected chi connectivity index (χ0v) is 15.6. The van der Waals surface area contributed by atoms with E-state index < -0.39 is 21.8 Å². The van der Waals surface area contributed by atoms with Crippen LogP contribution >= 0.6 is 0 Å². The van der Waals surface area contributed by atoms with Crippen LogP contribution in [0.3, 0.4) is 0 Å². The number of hydrogen-bond acceptors (Lipinski definition) is 0. The van der Waals surface area contributed by atoms with Crippen molar-refractivity contribution in [2.45, 2.75) is 41.4 Å². The van der Waals surface area contributed by atoms with Crippen LogP contribution in [0.1, 0.15) is 43.4 Å². The van der Waals surface area contributed by atoms with Crippen molar-refractivity contribution < 1.29 is 21.8 Å². The molecule has 0 nitrogen and oxygen atoms in total. The molecule has 2 unspecified atom stereocenters. The molecule has 0 amide bonds. The van der Waals surface area contributed by atoms with E-state index in [2.05, 4.69) is 74.8 Å². The van der Waals surface area contributed by atoms with E-state index in [0.717, 1.165) is 0 Å². The van der Waals surface area contributed by atoms with E-state index in [1.54, 1.807) is 8.85 Å². The van der Waals surface area contributed by atoms with Crippen LogP contribution in [0.25, 0.3) is 6.08 Å². The second-order valence-corrected chi connectivity index (χ2v) is 13.5. The Hall–Kier alpha value is -0.677. The number of hydrogen-bond donors (Lipinski definition) is 0. The Kier molecular flexibility index (Phi) is 3.53. The van der Waals surface area contributed by atoms with Crippen LogP contribution in [0.5, 0.6) is 0 Å². The number of allylic oxidation sites excluding steroid dienone is 5. The van der Waals surface area contributed by atoms with E-state index in [0.29, 0.717) is 9.04 Å². The summed E-state index contributed by atoms with van der Waals surface area (Å²) >= 11 is -1.69. The Morgan fingerprint density at radius 3 is 2.60 bits per heavy atom. The molecule has 0 fully saturated rings. The van der Waals surface area contributed by atoms with Gasteiger partial charge in [-0.15, -0.1) is 0 Å². The molecule has 1 aromatic rings. The molecule has 3 rings (SSSR count). The summed E-state index contributed by atoms with van der Waals surface area (Å²) < 4.78 is 4.73. The summed E-state index contributed by atoms with van der Waals surface area (Å²) in [4.78, 5) is 0. The second kappa shape index (κ2) is 4.95. The van der Waals surface area contributed by atoms with E-state index >= 15 is 0 Å². The molecular formula is C19H23Zr. The fourth-order valence-electron chi connectivity index (χ4n) is 3.52. The molecule has 0 radical (unpaired) electrons. The molecule has 1 aromatic carbocycles. The topological polar surface area (TPSA) is 0 Å². The fourth-order valence-corrected chi connectivity index (χ4v) is 10.4. The third-order valence-electron chi connectivity index (χ3n) is 5.29. The molecule has 0 heterocycles. The summed E-state index contributed by atoms with van der Waals surface area (Å²) in [6.07, 6.45) is 9.55. The number of benzene rings is 1. The first-order valence-electron chi connectivity index (χ1n) is 7.46. The molecule has 0 saturated heterocycles. The Balaban J connectivity index is 1.99. The van der Waals surface area contributed by atoms with Gasteiger partial charge in [0, 0.05) is 0 Å². The molecule has 1 heteroatoms. The van der Waals surface area contributed by atoms with Crippen molar-refractivity contribution in [1.29, 1.82) is 0 Å². The van der Waals surface area contributed by atoms with Gasteiger partial charge < -0.3 is 0 Å². The van der Waals surface area contributed by atoms with E-state index in [1.165, 1.54) is 16.7 Å². The van der Waals surface area contributed by atoms with E-state index in [9.17, 15) is 0 Å². The van der Waals surface area contributed by atoms with Crippen molar-refractivity contribution in [2.24, 2.45) is 0 Å². The second-order valence-electron chi connectivity index (χ2n) is 6.49. The minimum absolute atomic E-state index is 0.374. The average Bonchev–Trinajstić information content (AvgIpc) is 2.91. The normalized spacial score (nSPS) is 27.4. The summed E-state index contributed by atoms with van der Waals surface area (Å²) in [5, 5.41) is 0. The van der Waals surface area contributed by atoms with Crippen molar-refractivity contribution in [3.05, 3.63) is 62.0 Å². The van der Waals surface area contributed by atoms with Gasteiger partial charge in [-0.2, -0.15) is 0 Å². The summed E-state index contributed by atoms with van der Waals surface area (Å²) in [5.41, 5.74) is 5.95. The zero-order valence-electron chi connectivity index (χ0n) is 13.1. The molecule has 0 bridgehead atoms. The van der Waals surface area contributed by atoms with Crippen LogP contribution < -0.4 is 0 Å². The van der Waals surface area contributed by atoms with Crippen LogP contribution in [-0.4, -0.2) is 0 Å². The molecule has 2 aliphatic carbocycles.